The van der Waals surface area contributed by atoms with Crippen LogP contribution in [-0.4, -0.2) is 42.4 Å². The van der Waals surface area contributed by atoms with Crippen molar-refractivity contribution >= 4 is 0 Å². The van der Waals surface area contributed by atoms with Crippen LogP contribution in [0.5, 0.6) is 5.75 Å². The van der Waals surface area contributed by atoms with E-state index >= 15 is 0 Å². The molecule has 2 atom stereocenters. The molecule has 112 valence electrons. The molecule has 21 heavy (non-hydrogen) atoms. The van der Waals surface area contributed by atoms with Crippen LogP contribution in [0.25, 0.3) is 0 Å². The summed E-state index contributed by atoms with van der Waals surface area (Å²) < 4.78 is 5.50. The van der Waals surface area contributed by atoms with Crippen molar-refractivity contribution in [1.29, 1.82) is 10.5 Å². The lowest BCUT2D eigenvalue weighted by atomic mass is 10.2. The van der Waals surface area contributed by atoms with Crippen LogP contribution in [0.1, 0.15) is 19.4 Å². The number of rotatable bonds is 8. The van der Waals surface area contributed by atoms with Crippen LogP contribution >= 0.6 is 0 Å². The molecule has 0 aliphatic heterocycles. The molecule has 0 amide bonds. The Kier molecular flexibility index (Phi) is 7.25. The molecule has 0 aliphatic carbocycles. The Morgan fingerprint density at radius 3 is 2.62 bits per heavy atom. The quantitative estimate of drug-likeness (QED) is 0.788. The van der Waals surface area contributed by atoms with Crippen LogP contribution in [0.15, 0.2) is 24.3 Å². The summed E-state index contributed by atoms with van der Waals surface area (Å²) in [5.74, 6) is 0.407. The molecule has 0 aliphatic rings. The molecule has 1 N–H and O–H groups in total. The summed E-state index contributed by atoms with van der Waals surface area (Å²) in [5, 5.41) is 27.8. The van der Waals surface area contributed by atoms with Crippen molar-refractivity contribution < 1.29 is 9.84 Å². The standard InChI is InChI=1S/C16H21N3O2/c1-3-19(10-13(2)8-17)11-15(20)12-21-16-7-5-4-6-14(16)9-18/h4-7,13,15,20H,3,10-12H2,1-2H3. The predicted molar refractivity (Wildman–Crippen MR) is 79.5 cm³/mol. The van der Waals surface area contributed by atoms with Crippen molar-refractivity contribution in [2.75, 3.05) is 26.2 Å². The number of para-hydroxylation sites is 1. The highest BCUT2D eigenvalue weighted by Gasteiger charge is 2.14. The molecule has 0 saturated heterocycles. The van der Waals surface area contributed by atoms with Gasteiger partial charge in [-0.15, -0.1) is 0 Å². The lowest BCUT2D eigenvalue weighted by Gasteiger charge is -2.24. The second-order valence-corrected chi connectivity index (χ2v) is 4.96. The van der Waals surface area contributed by atoms with Crippen LogP contribution in [-0.2, 0) is 0 Å². The molecule has 0 fully saturated rings. The molecule has 1 aromatic rings. The van der Waals surface area contributed by atoms with Gasteiger partial charge in [0.2, 0.25) is 0 Å². The SMILES string of the molecule is CCN(CC(C)C#N)CC(O)COc1ccccc1C#N. The van der Waals surface area contributed by atoms with Crippen LogP contribution in [0, 0.1) is 28.6 Å². The van der Waals surface area contributed by atoms with E-state index in [-0.39, 0.29) is 12.5 Å². The van der Waals surface area contributed by atoms with Gasteiger partial charge < -0.3 is 9.84 Å². The van der Waals surface area contributed by atoms with Gasteiger partial charge in [-0.3, -0.25) is 4.90 Å². The van der Waals surface area contributed by atoms with Gasteiger partial charge in [0.1, 0.15) is 24.5 Å². The van der Waals surface area contributed by atoms with Gasteiger partial charge in [0.15, 0.2) is 0 Å². The van der Waals surface area contributed by atoms with Gasteiger partial charge in [-0.25, -0.2) is 0 Å². The zero-order chi connectivity index (χ0) is 15.7. The fraction of sp³-hybridized carbons (Fsp3) is 0.500. The lowest BCUT2D eigenvalue weighted by molar-refractivity contribution is 0.0674. The highest BCUT2D eigenvalue weighted by Crippen LogP contribution is 2.16. The molecular formula is C16H21N3O2. The monoisotopic (exact) mass is 287 g/mol. The third-order valence-electron chi connectivity index (χ3n) is 3.11. The largest absolute Gasteiger partial charge is 0.489 e. The smallest absolute Gasteiger partial charge is 0.137 e. The highest BCUT2D eigenvalue weighted by atomic mass is 16.5. The molecule has 0 radical (unpaired) electrons. The van der Waals surface area contributed by atoms with Crippen molar-refractivity contribution in [2.45, 2.75) is 20.0 Å². The van der Waals surface area contributed by atoms with Gasteiger partial charge in [-0.05, 0) is 25.6 Å². The van der Waals surface area contributed by atoms with Crippen molar-refractivity contribution in [3.63, 3.8) is 0 Å². The maximum atomic E-state index is 10.0. The molecule has 5 nitrogen and oxygen atoms in total. The molecule has 0 spiro atoms. The van der Waals surface area contributed by atoms with Crippen molar-refractivity contribution in [2.24, 2.45) is 5.92 Å². The average molecular weight is 287 g/mol. The molecule has 0 bridgehead atoms. The Morgan fingerprint density at radius 1 is 1.29 bits per heavy atom. The summed E-state index contributed by atoms with van der Waals surface area (Å²) in [6.45, 7) is 5.79. The van der Waals surface area contributed by atoms with Gasteiger partial charge in [0.05, 0.1) is 17.6 Å². The molecule has 1 rings (SSSR count). The van der Waals surface area contributed by atoms with Gasteiger partial charge in [-0.2, -0.15) is 10.5 Å². The highest BCUT2D eigenvalue weighted by molar-refractivity contribution is 5.42. The Balaban J connectivity index is 2.48. The van der Waals surface area contributed by atoms with E-state index in [1.807, 2.05) is 18.7 Å². The minimum absolute atomic E-state index is 0.0719. The average Bonchev–Trinajstić information content (AvgIpc) is 2.52. The van der Waals surface area contributed by atoms with Crippen LogP contribution in [0.3, 0.4) is 0 Å². The van der Waals surface area contributed by atoms with E-state index in [0.29, 0.717) is 24.4 Å². The fourth-order valence-electron chi connectivity index (χ4n) is 1.98. The molecule has 0 heterocycles. The first-order valence-corrected chi connectivity index (χ1v) is 7.02. The third kappa shape index (κ3) is 5.83. The fourth-order valence-corrected chi connectivity index (χ4v) is 1.98. The Bertz CT molecular complexity index is 519. The van der Waals surface area contributed by atoms with Crippen LogP contribution in [0.2, 0.25) is 0 Å². The van der Waals surface area contributed by atoms with Gasteiger partial charge in [-0.1, -0.05) is 19.1 Å². The number of nitrogens with zero attached hydrogens (tertiary/aromatic N) is 3. The number of hydrogen-bond donors (Lipinski definition) is 1. The predicted octanol–water partition coefficient (Wildman–Crippen LogP) is 1.78. The van der Waals surface area contributed by atoms with Crippen molar-refractivity contribution in [1.82, 2.24) is 4.90 Å². The van der Waals surface area contributed by atoms with Gasteiger partial charge in [0, 0.05) is 13.1 Å². The number of likely N-dealkylation sites (N-methyl/N-ethyl adjacent to an activating group) is 1. The zero-order valence-electron chi connectivity index (χ0n) is 12.5. The number of aliphatic hydroxyl groups is 1. The first kappa shape index (κ1) is 17.0. The van der Waals surface area contributed by atoms with Gasteiger partial charge >= 0.3 is 0 Å². The number of hydrogen-bond acceptors (Lipinski definition) is 5. The Labute approximate surface area is 126 Å². The van der Waals surface area contributed by atoms with E-state index in [1.54, 1.807) is 24.3 Å². The summed E-state index contributed by atoms with van der Waals surface area (Å²) in [4.78, 5) is 2.01. The van der Waals surface area contributed by atoms with Crippen molar-refractivity contribution in [3.05, 3.63) is 29.8 Å². The third-order valence-corrected chi connectivity index (χ3v) is 3.11. The molecule has 0 aromatic heterocycles. The first-order valence-electron chi connectivity index (χ1n) is 7.02. The molecule has 0 saturated carbocycles. The molecule has 5 heteroatoms. The first-order chi connectivity index (χ1) is 10.1. The molecule has 1 aromatic carbocycles. The maximum Gasteiger partial charge on any atom is 0.137 e. The minimum atomic E-state index is -0.664. The summed E-state index contributed by atoms with van der Waals surface area (Å²) in [7, 11) is 0. The second-order valence-electron chi connectivity index (χ2n) is 4.96. The summed E-state index contributed by atoms with van der Waals surface area (Å²) in [5.41, 5.74) is 0.454. The van der Waals surface area contributed by atoms with Crippen LogP contribution in [0.4, 0.5) is 0 Å². The van der Waals surface area contributed by atoms with Crippen LogP contribution < -0.4 is 4.74 Å². The van der Waals surface area contributed by atoms with Crippen molar-refractivity contribution in [3.8, 4) is 17.9 Å². The topological polar surface area (TPSA) is 80.3 Å². The van der Waals surface area contributed by atoms with Gasteiger partial charge in [0.25, 0.3) is 0 Å². The second kappa shape index (κ2) is 8.97. The molecule has 2 unspecified atom stereocenters. The summed E-state index contributed by atoms with van der Waals surface area (Å²) >= 11 is 0. The number of benzene rings is 1. The van der Waals surface area contributed by atoms with E-state index in [1.165, 1.54) is 0 Å². The zero-order valence-corrected chi connectivity index (χ0v) is 12.5. The normalized spacial score (nSPS) is 13.2. The Hall–Kier alpha value is -2.08. The Morgan fingerprint density at radius 2 is 2.00 bits per heavy atom. The lowest BCUT2D eigenvalue weighted by Crippen LogP contribution is -2.37. The van der Waals surface area contributed by atoms with E-state index in [4.69, 9.17) is 15.3 Å². The maximum absolute atomic E-state index is 10.0. The number of ether oxygens (including phenoxy) is 1. The van der Waals surface area contributed by atoms with E-state index < -0.39 is 6.10 Å². The van der Waals surface area contributed by atoms with E-state index in [0.717, 1.165) is 6.54 Å². The summed E-state index contributed by atoms with van der Waals surface area (Å²) in [6, 6.07) is 11.2. The number of aliphatic hydroxyl groups excluding tert-OH is 1. The van der Waals surface area contributed by atoms with E-state index in [2.05, 4.69) is 12.1 Å². The molecular weight excluding hydrogens is 266 g/mol. The van der Waals surface area contributed by atoms with E-state index in [9.17, 15) is 5.11 Å². The summed E-state index contributed by atoms with van der Waals surface area (Å²) in [6.07, 6.45) is -0.664. The minimum Gasteiger partial charge on any atom is -0.489 e. The number of nitriles is 2.